The van der Waals surface area contributed by atoms with E-state index in [-0.39, 0.29) is 24.9 Å². The number of nitrogens with two attached hydrogens (primary N) is 1. The number of hydrogen-bond acceptors (Lipinski definition) is 5. The predicted octanol–water partition coefficient (Wildman–Crippen LogP) is 3.27. The van der Waals surface area contributed by atoms with E-state index in [0.717, 1.165) is 11.1 Å². The Balaban J connectivity index is 1.99. The topological polar surface area (TPSA) is 94.3 Å². The highest BCUT2D eigenvalue weighted by atomic mass is 35.5. The summed E-state index contributed by atoms with van der Waals surface area (Å²) in [6.45, 7) is 5.80. The molecule has 0 fully saturated rings. The monoisotopic (exact) mass is 381 g/mol. The summed E-state index contributed by atoms with van der Waals surface area (Å²) in [5.41, 5.74) is 7.48. The number of anilines is 1. The molecule has 25 heavy (non-hydrogen) atoms. The normalized spacial score (nSPS) is 10.8. The van der Waals surface area contributed by atoms with Gasteiger partial charge in [0.05, 0.1) is 12.1 Å². The summed E-state index contributed by atoms with van der Waals surface area (Å²) in [5.74, 6) is 0.0557. The molecule has 0 aliphatic heterocycles. The zero-order chi connectivity index (χ0) is 18.6. The van der Waals surface area contributed by atoms with Crippen molar-refractivity contribution < 1.29 is 14.3 Å². The highest BCUT2D eigenvalue weighted by molar-refractivity contribution is 7.13. The molecule has 134 valence electrons. The Morgan fingerprint density at radius 3 is 2.76 bits per heavy atom. The van der Waals surface area contributed by atoms with Crippen LogP contribution >= 0.6 is 22.9 Å². The van der Waals surface area contributed by atoms with Gasteiger partial charge in [0.25, 0.3) is 5.91 Å². The molecule has 1 aromatic carbocycles. The number of halogens is 1. The Hall–Kier alpha value is -2.12. The van der Waals surface area contributed by atoms with Crippen LogP contribution < -0.4 is 15.8 Å². The fraction of sp³-hybridized carbons (Fsp3) is 0.353. The highest BCUT2D eigenvalue weighted by Crippen LogP contribution is 2.32. The quantitative estimate of drug-likeness (QED) is 0.769. The Labute approximate surface area is 155 Å². The van der Waals surface area contributed by atoms with Gasteiger partial charge in [-0.1, -0.05) is 25.4 Å². The molecule has 0 aliphatic carbocycles. The van der Waals surface area contributed by atoms with Gasteiger partial charge in [-0.15, -0.1) is 11.3 Å². The minimum atomic E-state index is -0.467. The van der Waals surface area contributed by atoms with Gasteiger partial charge in [-0.3, -0.25) is 14.9 Å². The van der Waals surface area contributed by atoms with Crippen molar-refractivity contribution >= 4 is 39.9 Å². The zero-order valence-corrected chi connectivity index (χ0v) is 15.8. The summed E-state index contributed by atoms with van der Waals surface area (Å²) in [7, 11) is 0. The van der Waals surface area contributed by atoms with Crippen LogP contribution in [0.25, 0.3) is 0 Å². The Kier molecular flexibility index (Phi) is 6.39. The lowest BCUT2D eigenvalue weighted by molar-refractivity contribution is -0.118. The lowest BCUT2D eigenvalue weighted by Gasteiger charge is -2.15. The molecule has 2 rings (SSSR count). The number of nitrogens with zero attached hydrogens (tertiary/aromatic N) is 1. The average molecular weight is 382 g/mol. The van der Waals surface area contributed by atoms with E-state index < -0.39 is 5.91 Å². The van der Waals surface area contributed by atoms with E-state index >= 15 is 0 Å². The van der Waals surface area contributed by atoms with Gasteiger partial charge < -0.3 is 10.5 Å². The predicted molar refractivity (Wildman–Crippen MR) is 99.4 cm³/mol. The summed E-state index contributed by atoms with van der Waals surface area (Å²) >= 11 is 7.39. The summed E-state index contributed by atoms with van der Waals surface area (Å²) in [6, 6.07) is 3.70. The summed E-state index contributed by atoms with van der Waals surface area (Å²) in [6.07, 6.45) is 0.0463. The number of hydrogen-bond donors (Lipinski definition) is 2. The molecule has 0 spiro atoms. The average Bonchev–Trinajstić information content (AvgIpc) is 2.93. The number of carbonyl (C=O) groups excluding carboxylic acids is 2. The van der Waals surface area contributed by atoms with Gasteiger partial charge in [0.2, 0.25) is 5.91 Å². The van der Waals surface area contributed by atoms with Crippen LogP contribution in [0.3, 0.4) is 0 Å². The van der Waals surface area contributed by atoms with Crippen molar-refractivity contribution in [3.63, 3.8) is 0 Å². The molecule has 3 N–H and O–H groups in total. The van der Waals surface area contributed by atoms with Gasteiger partial charge in [-0.2, -0.15) is 0 Å². The molecule has 1 aromatic heterocycles. The number of primary amides is 1. The lowest BCUT2D eigenvalue weighted by Crippen LogP contribution is -2.20. The van der Waals surface area contributed by atoms with Gasteiger partial charge in [-0.25, -0.2) is 4.98 Å². The Bertz CT molecular complexity index is 789. The van der Waals surface area contributed by atoms with E-state index in [0.29, 0.717) is 21.6 Å². The number of ether oxygens (including phenoxy) is 1. The number of carbonyl (C=O) groups is 2. The molecule has 0 saturated carbocycles. The maximum absolute atomic E-state index is 12.1. The number of aryl methyl sites for hydroxylation is 1. The fourth-order valence-electron chi connectivity index (χ4n) is 2.17. The molecule has 0 atom stereocenters. The maximum atomic E-state index is 12.1. The molecular formula is C17H20ClN3O3S. The third-order valence-corrected chi connectivity index (χ3v) is 4.64. The van der Waals surface area contributed by atoms with Crippen LogP contribution in [0.15, 0.2) is 17.5 Å². The molecular weight excluding hydrogens is 362 g/mol. The van der Waals surface area contributed by atoms with Gasteiger partial charge in [0.15, 0.2) is 11.7 Å². The molecule has 0 saturated heterocycles. The van der Waals surface area contributed by atoms with Gasteiger partial charge in [-0.05, 0) is 36.1 Å². The molecule has 8 heteroatoms. The molecule has 2 amide bonds. The number of benzene rings is 1. The van der Waals surface area contributed by atoms with Crippen LogP contribution in [0.5, 0.6) is 5.75 Å². The lowest BCUT2D eigenvalue weighted by atomic mass is 10.0. The molecule has 1 heterocycles. The SMILES string of the molecule is Cc1cc(OCC(=O)Nc2nc(CC(N)=O)cs2)c(C(C)C)cc1Cl. The van der Waals surface area contributed by atoms with Crippen LogP contribution in [0, 0.1) is 6.92 Å². The molecule has 0 unspecified atom stereocenters. The fourth-order valence-corrected chi connectivity index (χ4v) is 3.07. The third-order valence-electron chi connectivity index (χ3n) is 3.43. The van der Waals surface area contributed by atoms with Gasteiger partial charge >= 0.3 is 0 Å². The number of amides is 2. The zero-order valence-electron chi connectivity index (χ0n) is 14.3. The van der Waals surface area contributed by atoms with Crippen LogP contribution in [-0.2, 0) is 16.0 Å². The largest absolute Gasteiger partial charge is 0.483 e. The van der Waals surface area contributed by atoms with Crippen molar-refractivity contribution in [3.05, 3.63) is 39.4 Å². The van der Waals surface area contributed by atoms with E-state index in [9.17, 15) is 9.59 Å². The molecule has 0 bridgehead atoms. The van der Waals surface area contributed by atoms with Crippen molar-refractivity contribution in [2.75, 3.05) is 11.9 Å². The second kappa shape index (κ2) is 8.31. The molecule has 2 aromatic rings. The minimum Gasteiger partial charge on any atom is -0.483 e. The van der Waals surface area contributed by atoms with Crippen LogP contribution in [0.4, 0.5) is 5.13 Å². The highest BCUT2D eigenvalue weighted by Gasteiger charge is 2.14. The van der Waals surface area contributed by atoms with Crippen molar-refractivity contribution in [3.8, 4) is 5.75 Å². The third kappa shape index (κ3) is 5.44. The first-order valence-corrected chi connectivity index (χ1v) is 8.97. The number of thiazole rings is 1. The molecule has 0 radical (unpaired) electrons. The molecule has 0 aliphatic rings. The first kappa shape index (κ1) is 19.2. The maximum Gasteiger partial charge on any atom is 0.264 e. The van der Waals surface area contributed by atoms with E-state index in [1.807, 2.05) is 32.9 Å². The number of nitrogens with one attached hydrogen (secondary N) is 1. The summed E-state index contributed by atoms with van der Waals surface area (Å²) < 4.78 is 5.67. The summed E-state index contributed by atoms with van der Waals surface area (Å²) in [5, 5.41) is 5.40. The van der Waals surface area contributed by atoms with E-state index in [1.165, 1.54) is 11.3 Å². The first-order valence-electron chi connectivity index (χ1n) is 7.71. The van der Waals surface area contributed by atoms with Crippen LogP contribution in [-0.4, -0.2) is 23.4 Å². The van der Waals surface area contributed by atoms with Crippen molar-refractivity contribution in [2.45, 2.75) is 33.1 Å². The smallest absolute Gasteiger partial charge is 0.264 e. The second-order valence-corrected chi connectivity index (χ2v) is 7.18. The van der Waals surface area contributed by atoms with Gasteiger partial charge in [0.1, 0.15) is 5.75 Å². The second-order valence-electron chi connectivity index (χ2n) is 5.92. The van der Waals surface area contributed by atoms with E-state index in [2.05, 4.69) is 10.3 Å². The first-order chi connectivity index (χ1) is 11.8. The van der Waals surface area contributed by atoms with Crippen LogP contribution in [0.2, 0.25) is 5.02 Å². The molecule has 6 nitrogen and oxygen atoms in total. The van der Waals surface area contributed by atoms with E-state index in [4.69, 9.17) is 22.1 Å². The Morgan fingerprint density at radius 1 is 1.40 bits per heavy atom. The standard InChI is InChI=1S/C17H20ClN3O3S/c1-9(2)12-6-13(18)10(3)4-14(12)24-7-16(23)21-17-20-11(8-25-17)5-15(19)22/h4,6,8-9H,5,7H2,1-3H3,(H2,19,22)(H,20,21,23). The number of rotatable bonds is 7. The van der Waals surface area contributed by atoms with E-state index in [1.54, 1.807) is 5.38 Å². The minimum absolute atomic E-state index is 0.0463. The van der Waals surface area contributed by atoms with Crippen molar-refractivity contribution in [2.24, 2.45) is 5.73 Å². The van der Waals surface area contributed by atoms with Crippen LogP contribution in [0.1, 0.15) is 36.6 Å². The Morgan fingerprint density at radius 2 is 2.12 bits per heavy atom. The van der Waals surface area contributed by atoms with Gasteiger partial charge in [0, 0.05) is 10.4 Å². The summed E-state index contributed by atoms with van der Waals surface area (Å²) in [4.78, 5) is 27.1. The van der Waals surface area contributed by atoms with Crippen molar-refractivity contribution in [1.29, 1.82) is 0 Å². The van der Waals surface area contributed by atoms with Crippen molar-refractivity contribution in [1.82, 2.24) is 4.98 Å². The number of aromatic nitrogens is 1.